The minimum atomic E-state index is -3.86. The van der Waals surface area contributed by atoms with Crippen molar-refractivity contribution in [3.05, 3.63) is 64.9 Å². The van der Waals surface area contributed by atoms with E-state index in [1.165, 1.54) is 17.0 Å². The van der Waals surface area contributed by atoms with Crippen molar-refractivity contribution >= 4 is 39.1 Å². The van der Waals surface area contributed by atoms with Crippen LogP contribution in [0.3, 0.4) is 0 Å². The van der Waals surface area contributed by atoms with Crippen molar-refractivity contribution in [3.63, 3.8) is 0 Å². The summed E-state index contributed by atoms with van der Waals surface area (Å²) in [6, 6.07) is 11.1. The molecule has 1 fully saturated rings. The highest BCUT2D eigenvalue weighted by Crippen LogP contribution is 2.22. The van der Waals surface area contributed by atoms with E-state index in [1.807, 2.05) is 6.92 Å². The molecule has 1 saturated carbocycles. The molecule has 0 heterocycles. The molecule has 3 rings (SSSR count). The van der Waals surface area contributed by atoms with Crippen LogP contribution in [0.15, 0.2) is 48.5 Å². The average Bonchev–Trinajstić information content (AvgIpc) is 3.31. The maximum atomic E-state index is 13.6. The summed E-state index contributed by atoms with van der Waals surface area (Å²) in [5.74, 6) is -1.31. The molecule has 2 amide bonds. The maximum Gasteiger partial charge on any atom is 0.244 e. The number of sulfonamides is 1. The molecule has 190 valence electrons. The van der Waals surface area contributed by atoms with Gasteiger partial charge in [-0.05, 0) is 61.2 Å². The monoisotopic (exact) mass is 523 g/mol. The zero-order valence-electron chi connectivity index (χ0n) is 19.9. The number of hydrogen-bond acceptors (Lipinski definition) is 4. The lowest BCUT2D eigenvalue weighted by molar-refractivity contribution is -0.140. The molecule has 10 heteroatoms. The van der Waals surface area contributed by atoms with E-state index in [2.05, 4.69) is 5.32 Å². The molecule has 1 N–H and O–H groups in total. The number of nitrogens with one attached hydrogen (secondary N) is 1. The number of benzene rings is 2. The van der Waals surface area contributed by atoms with Gasteiger partial charge in [0.25, 0.3) is 0 Å². The lowest BCUT2D eigenvalue weighted by Gasteiger charge is -2.33. The van der Waals surface area contributed by atoms with Crippen molar-refractivity contribution in [1.29, 1.82) is 0 Å². The lowest BCUT2D eigenvalue weighted by Crippen LogP contribution is -2.53. The Hall–Kier alpha value is -2.65. The molecule has 0 aliphatic heterocycles. The maximum absolute atomic E-state index is 13.6. The fourth-order valence-corrected chi connectivity index (χ4v) is 5.27. The number of anilines is 1. The van der Waals surface area contributed by atoms with Crippen molar-refractivity contribution in [3.8, 4) is 0 Å². The molecule has 0 spiro atoms. The topological polar surface area (TPSA) is 86.8 Å². The van der Waals surface area contributed by atoms with Crippen molar-refractivity contribution in [2.45, 2.75) is 57.7 Å². The third kappa shape index (κ3) is 7.41. The summed E-state index contributed by atoms with van der Waals surface area (Å²) in [4.78, 5) is 28.2. The van der Waals surface area contributed by atoms with Crippen LogP contribution >= 0.6 is 11.6 Å². The average molecular weight is 524 g/mol. The lowest BCUT2D eigenvalue weighted by atomic mass is 10.1. The number of amides is 2. The molecule has 2 aromatic rings. The Bertz CT molecular complexity index is 1120. The Balaban J connectivity index is 1.90. The molecule has 1 aliphatic rings. The summed E-state index contributed by atoms with van der Waals surface area (Å²) < 4.78 is 39.4. The number of carbonyl (C=O) groups is 2. The predicted octanol–water partition coefficient (Wildman–Crippen LogP) is 4.11. The van der Waals surface area contributed by atoms with E-state index in [0.717, 1.165) is 53.9 Å². The SMILES string of the molecule is CCC(C(=O)NC1CCCC1)N(Cc1ccc(Cl)cc1)C(=O)CN(c1ccc(F)cc1)S(C)(=O)=O. The molecule has 0 aromatic heterocycles. The number of rotatable bonds is 10. The van der Waals surface area contributed by atoms with Gasteiger partial charge in [0.15, 0.2) is 0 Å². The van der Waals surface area contributed by atoms with Gasteiger partial charge in [0, 0.05) is 17.6 Å². The van der Waals surface area contributed by atoms with E-state index in [0.29, 0.717) is 11.4 Å². The van der Waals surface area contributed by atoms with Crippen LogP contribution in [0, 0.1) is 5.82 Å². The number of hydrogen-bond donors (Lipinski definition) is 1. The molecule has 2 aromatic carbocycles. The smallest absolute Gasteiger partial charge is 0.244 e. The van der Waals surface area contributed by atoms with Crippen LogP contribution in [0.1, 0.15) is 44.6 Å². The fraction of sp³-hybridized carbons (Fsp3) is 0.440. The quantitative estimate of drug-likeness (QED) is 0.507. The zero-order valence-corrected chi connectivity index (χ0v) is 21.5. The van der Waals surface area contributed by atoms with Gasteiger partial charge in [-0.15, -0.1) is 0 Å². The number of nitrogens with zero attached hydrogens (tertiary/aromatic N) is 2. The first-order valence-electron chi connectivity index (χ1n) is 11.7. The molecule has 1 aliphatic carbocycles. The molecule has 0 saturated heterocycles. The zero-order chi connectivity index (χ0) is 25.6. The van der Waals surface area contributed by atoms with Gasteiger partial charge in [-0.1, -0.05) is 43.5 Å². The number of carbonyl (C=O) groups excluding carboxylic acids is 2. The first kappa shape index (κ1) is 26.9. The van der Waals surface area contributed by atoms with Crippen LogP contribution in [0.25, 0.3) is 0 Å². The summed E-state index contributed by atoms with van der Waals surface area (Å²) in [7, 11) is -3.86. The second kappa shape index (κ2) is 11.9. The van der Waals surface area contributed by atoms with Crippen LogP contribution in [0.4, 0.5) is 10.1 Å². The Kier molecular flexibility index (Phi) is 9.13. The Morgan fingerprint density at radius 2 is 1.69 bits per heavy atom. The minimum Gasteiger partial charge on any atom is -0.352 e. The normalized spacial score (nSPS) is 15.0. The van der Waals surface area contributed by atoms with Crippen molar-refractivity contribution in [2.24, 2.45) is 0 Å². The summed E-state index contributed by atoms with van der Waals surface area (Å²) in [6.07, 6.45) is 5.25. The highest BCUT2D eigenvalue weighted by Gasteiger charge is 2.33. The van der Waals surface area contributed by atoms with E-state index in [1.54, 1.807) is 24.3 Å². The summed E-state index contributed by atoms with van der Waals surface area (Å²) in [6.45, 7) is 1.40. The van der Waals surface area contributed by atoms with Gasteiger partial charge in [0.2, 0.25) is 21.8 Å². The van der Waals surface area contributed by atoms with Gasteiger partial charge >= 0.3 is 0 Å². The molecule has 0 bridgehead atoms. The van der Waals surface area contributed by atoms with Gasteiger partial charge < -0.3 is 10.2 Å². The second-order valence-electron chi connectivity index (χ2n) is 8.81. The molecule has 35 heavy (non-hydrogen) atoms. The van der Waals surface area contributed by atoms with E-state index < -0.39 is 34.3 Å². The van der Waals surface area contributed by atoms with Crippen molar-refractivity contribution in [2.75, 3.05) is 17.1 Å². The highest BCUT2D eigenvalue weighted by atomic mass is 35.5. The van der Waals surface area contributed by atoms with E-state index in [9.17, 15) is 22.4 Å². The molecular formula is C25H31ClFN3O4S. The van der Waals surface area contributed by atoms with Crippen LogP contribution in [-0.4, -0.2) is 50.0 Å². The Labute approximate surface area is 211 Å². The van der Waals surface area contributed by atoms with Gasteiger partial charge in [-0.2, -0.15) is 0 Å². The van der Waals surface area contributed by atoms with Gasteiger partial charge in [-0.25, -0.2) is 12.8 Å². The highest BCUT2D eigenvalue weighted by molar-refractivity contribution is 7.92. The molecule has 1 atom stereocenters. The van der Waals surface area contributed by atoms with Crippen molar-refractivity contribution in [1.82, 2.24) is 10.2 Å². The summed E-state index contributed by atoms with van der Waals surface area (Å²) >= 11 is 6.00. The van der Waals surface area contributed by atoms with Crippen molar-refractivity contribution < 1.29 is 22.4 Å². The second-order valence-corrected chi connectivity index (χ2v) is 11.2. The van der Waals surface area contributed by atoms with E-state index >= 15 is 0 Å². The minimum absolute atomic E-state index is 0.0794. The van der Waals surface area contributed by atoms with Crippen LogP contribution in [0.2, 0.25) is 5.02 Å². The summed E-state index contributed by atoms with van der Waals surface area (Å²) in [5.41, 5.74) is 0.916. The van der Waals surface area contributed by atoms with Crippen LogP contribution in [0.5, 0.6) is 0 Å². The summed E-state index contributed by atoms with van der Waals surface area (Å²) in [5, 5.41) is 3.59. The molecular weight excluding hydrogens is 493 g/mol. The largest absolute Gasteiger partial charge is 0.352 e. The standard InChI is InChI=1S/C25H31ClFN3O4S/c1-3-23(25(32)28-21-6-4-5-7-21)29(16-18-8-10-19(26)11-9-18)24(31)17-30(35(2,33)34)22-14-12-20(27)13-15-22/h8-15,21,23H,3-7,16-17H2,1-2H3,(H,28,32). The fourth-order valence-electron chi connectivity index (χ4n) is 4.29. The third-order valence-electron chi connectivity index (χ3n) is 6.15. The van der Waals surface area contributed by atoms with Crippen LogP contribution in [-0.2, 0) is 26.2 Å². The van der Waals surface area contributed by atoms with E-state index in [-0.39, 0.29) is 24.2 Å². The Morgan fingerprint density at radius 1 is 1.09 bits per heavy atom. The predicted molar refractivity (Wildman–Crippen MR) is 135 cm³/mol. The Morgan fingerprint density at radius 3 is 2.23 bits per heavy atom. The van der Waals surface area contributed by atoms with Gasteiger partial charge in [-0.3, -0.25) is 13.9 Å². The van der Waals surface area contributed by atoms with Gasteiger partial charge in [0.05, 0.1) is 11.9 Å². The number of halogens is 2. The van der Waals surface area contributed by atoms with Gasteiger partial charge in [0.1, 0.15) is 18.4 Å². The van der Waals surface area contributed by atoms with E-state index in [4.69, 9.17) is 11.6 Å². The third-order valence-corrected chi connectivity index (χ3v) is 7.54. The first-order chi connectivity index (χ1) is 16.6. The first-order valence-corrected chi connectivity index (χ1v) is 13.9. The molecule has 7 nitrogen and oxygen atoms in total. The van der Waals surface area contributed by atoms with Crippen LogP contribution < -0.4 is 9.62 Å². The molecule has 0 radical (unpaired) electrons. The molecule has 1 unspecified atom stereocenters.